The van der Waals surface area contributed by atoms with E-state index in [-0.39, 0.29) is 0 Å². The Morgan fingerprint density at radius 3 is 2.86 bits per heavy atom. The highest BCUT2D eigenvalue weighted by Crippen LogP contribution is 2.31. The van der Waals surface area contributed by atoms with Crippen LogP contribution < -0.4 is 10.1 Å². The normalized spacial score (nSPS) is 11.2. The van der Waals surface area contributed by atoms with Gasteiger partial charge in [0.1, 0.15) is 5.75 Å². The molecule has 2 heterocycles. The second-order valence-corrected chi connectivity index (χ2v) is 6.75. The predicted octanol–water partition coefficient (Wildman–Crippen LogP) is 3.57. The van der Waals surface area contributed by atoms with Crippen LogP contribution in [0.1, 0.15) is 5.69 Å². The van der Waals surface area contributed by atoms with Crippen molar-refractivity contribution in [2.45, 2.75) is 6.54 Å². The molecule has 0 fully saturated rings. The van der Waals surface area contributed by atoms with E-state index in [4.69, 9.17) is 4.74 Å². The Morgan fingerprint density at radius 1 is 1.24 bits per heavy atom. The summed E-state index contributed by atoms with van der Waals surface area (Å²) in [7, 11) is 5.74. The molecule has 7 heteroatoms. The molecule has 5 nitrogen and oxygen atoms in total. The highest BCUT2D eigenvalue weighted by atomic mass is 32.1. The second-order valence-electron chi connectivity index (χ2n) is 4.86. The van der Waals surface area contributed by atoms with E-state index in [2.05, 4.69) is 25.6 Å². The van der Waals surface area contributed by atoms with E-state index in [1.54, 1.807) is 29.8 Å². The third kappa shape index (κ3) is 3.31. The molecule has 1 aromatic carbocycles. The summed E-state index contributed by atoms with van der Waals surface area (Å²) in [6.45, 7) is 0.842. The number of anilines is 2. The van der Waals surface area contributed by atoms with Gasteiger partial charge < -0.3 is 15.0 Å². The van der Waals surface area contributed by atoms with Crippen molar-refractivity contribution in [3.8, 4) is 5.75 Å². The van der Waals surface area contributed by atoms with Gasteiger partial charge in [0, 0.05) is 11.9 Å². The summed E-state index contributed by atoms with van der Waals surface area (Å²) < 4.78 is 6.33. The number of nitrogens with zero attached hydrogens (tertiary/aromatic N) is 3. The van der Waals surface area contributed by atoms with Gasteiger partial charge in [-0.2, -0.15) is 0 Å². The Hall–Kier alpha value is -1.70. The van der Waals surface area contributed by atoms with Crippen LogP contribution in [0.3, 0.4) is 0 Å². The quantitative estimate of drug-likeness (QED) is 0.779. The summed E-state index contributed by atoms with van der Waals surface area (Å²) >= 11 is 3.20. The third-order valence-electron chi connectivity index (χ3n) is 2.84. The first kappa shape index (κ1) is 14.2. The van der Waals surface area contributed by atoms with Crippen LogP contribution >= 0.6 is 22.7 Å². The Labute approximate surface area is 131 Å². The third-order valence-corrected chi connectivity index (χ3v) is 4.58. The molecule has 0 saturated heterocycles. The Balaban J connectivity index is 1.79. The van der Waals surface area contributed by atoms with Crippen molar-refractivity contribution in [3.05, 3.63) is 29.3 Å². The average molecular weight is 320 g/mol. The highest BCUT2D eigenvalue weighted by Gasteiger charge is 2.08. The maximum Gasteiger partial charge on any atom is 0.190 e. The van der Waals surface area contributed by atoms with Crippen LogP contribution in [0.5, 0.6) is 5.75 Å². The zero-order valence-corrected chi connectivity index (χ0v) is 13.7. The monoisotopic (exact) mass is 320 g/mol. The van der Waals surface area contributed by atoms with E-state index < -0.39 is 0 Å². The molecule has 0 aliphatic rings. The molecule has 0 atom stereocenters. The smallest absolute Gasteiger partial charge is 0.190 e. The van der Waals surface area contributed by atoms with Gasteiger partial charge in [0.2, 0.25) is 0 Å². The first-order chi connectivity index (χ1) is 10.1. The van der Waals surface area contributed by atoms with Crippen LogP contribution in [-0.2, 0) is 6.54 Å². The molecule has 0 radical (unpaired) electrons. The van der Waals surface area contributed by atoms with Gasteiger partial charge in [0.05, 0.1) is 23.0 Å². The average Bonchev–Trinajstić information content (AvgIpc) is 3.03. The van der Waals surface area contributed by atoms with Gasteiger partial charge in [-0.15, -0.1) is 11.3 Å². The molecule has 0 amide bonds. The molecule has 0 spiro atoms. The summed E-state index contributed by atoms with van der Waals surface area (Å²) in [5.41, 5.74) is 2.03. The number of aromatic nitrogens is 2. The van der Waals surface area contributed by atoms with Crippen LogP contribution in [0.15, 0.2) is 23.6 Å². The van der Waals surface area contributed by atoms with Crippen LogP contribution in [0.2, 0.25) is 0 Å². The SMILES string of the molecule is COc1ccc2nc(Nc3nc(CN(C)C)cs3)sc2c1. The van der Waals surface area contributed by atoms with Crippen LogP contribution in [-0.4, -0.2) is 36.1 Å². The topological polar surface area (TPSA) is 50.3 Å². The summed E-state index contributed by atoms with van der Waals surface area (Å²) in [5, 5.41) is 7.07. The minimum absolute atomic E-state index is 0.842. The molecule has 0 aliphatic heterocycles. The lowest BCUT2D eigenvalue weighted by atomic mass is 10.3. The summed E-state index contributed by atoms with van der Waals surface area (Å²) in [6.07, 6.45) is 0. The van der Waals surface area contributed by atoms with Crippen molar-refractivity contribution in [2.75, 3.05) is 26.5 Å². The van der Waals surface area contributed by atoms with E-state index in [0.717, 1.165) is 38.5 Å². The number of rotatable bonds is 5. The number of benzene rings is 1. The molecule has 3 aromatic rings. The molecule has 1 N–H and O–H groups in total. The summed E-state index contributed by atoms with van der Waals surface area (Å²) in [6, 6.07) is 5.89. The van der Waals surface area contributed by atoms with Crippen LogP contribution in [0.25, 0.3) is 10.2 Å². The van der Waals surface area contributed by atoms with Gasteiger partial charge >= 0.3 is 0 Å². The largest absolute Gasteiger partial charge is 0.497 e. The van der Waals surface area contributed by atoms with Gasteiger partial charge in [0.25, 0.3) is 0 Å². The summed E-state index contributed by atoms with van der Waals surface area (Å²) in [4.78, 5) is 11.2. The fraction of sp³-hybridized carbons (Fsp3) is 0.286. The number of hydrogen-bond acceptors (Lipinski definition) is 7. The van der Waals surface area contributed by atoms with E-state index in [9.17, 15) is 0 Å². The van der Waals surface area contributed by atoms with Gasteiger partial charge in [-0.1, -0.05) is 11.3 Å². The fourth-order valence-corrected chi connectivity index (χ4v) is 3.60. The second kappa shape index (κ2) is 5.97. The number of methoxy groups -OCH3 is 1. The first-order valence-electron chi connectivity index (χ1n) is 6.45. The zero-order chi connectivity index (χ0) is 14.8. The molecule has 2 aromatic heterocycles. The van der Waals surface area contributed by atoms with Crippen molar-refractivity contribution in [1.29, 1.82) is 0 Å². The highest BCUT2D eigenvalue weighted by molar-refractivity contribution is 7.22. The molecular weight excluding hydrogens is 304 g/mol. The van der Waals surface area contributed by atoms with Crippen molar-refractivity contribution < 1.29 is 4.74 Å². The molecule has 21 heavy (non-hydrogen) atoms. The van der Waals surface area contributed by atoms with E-state index >= 15 is 0 Å². The summed E-state index contributed by atoms with van der Waals surface area (Å²) in [5.74, 6) is 0.847. The standard InChI is InChI=1S/C14H16N4OS2/c1-18(2)7-9-8-20-13(15-9)17-14-16-11-5-4-10(19-3)6-12(11)21-14/h4-6,8H,7H2,1-3H3,(H,15,16,17). The lowest BCUT2D eigenvalue weighted by Gasteiger charge is -2.05. The van der Waals surface area contributed by atoms with Gasteiger partial charge in [-0.25, -0.2) is 9.97 Å². The Kier molecular flexibility index (Phi) is 4.05. The lowest BCUT2D eigenvalue weighted by Crippen LogP contribution is -2.10. The predicted molar refractivity (Wildman–Crippen MR) is 89.0 cm³/mol. The van der Waals surface area contributed by atoms with Gasteiger partial charge in [0.15, 0.2) is 10.3 Å². The fourth-order valence-electron chi connectivity index (χ4n) is 1.94. The number of hydrogen-bond donors (Lipinski definition) is 1. The number of thiazole rings is 2. The molecule has 0 saturated carbocycles. The molecule has 110 valence electrons. The number of ether oxygens (including phenoxy) is 1. The van der Waals surface area contributed by atoms with Crippen molar-refractivity contribution in [1.82, 2.24) is 14.9 Å². The zero-order valence-electron chi connectivity index (χ0n) is 12.1. The lowest BCUT2D eigenvalue weighted by molar-refractivity contribution is 0.398. The van der Waals surface area contributed by atoms with E-state index in [0.29, 0.717) is 0 Å². The van der Waals surface area contributed by atoms with E-state index in [1.807, 2.05) is 32.3 Å². The van der Waals surface area contributed by atoms with Crippen LogP contribution in [0, 0.1) is 0 Å². The van der Waals surface area contributed by atoms with Crippen molar-refractivity contribution >= 4 is 43.2 Å². The van der Waals surface area contributed by atoms with Gasteiger partial charge in [-0.3, -0.25) is 0 Å². The minimum Gasteiger partial charge on any atom is -0.497 e. The molecule has 0 bridgehead atoms. The Bertz CT molecular complexity index is 750. The molecule has 0 unspecified atom stereocenters. The van der Waals surface area contributed by atoms with E-state index in [1.165, 1.54) is 0 Å². The van der Waals surface area contributed by atoms with Crippen molar-refractivity contribution in [3.63, 3.8) is 0 Å². The van der Waals surface area contributed by atoms with Crippen LogP contribution in [0.4, 0.5) is 10.3 Å². The minimum atomic E-state index is 0.842. The van der Waals surface area contributed by atoms with Crippen molar-refractivity contribution in [2.24, 2.45) is 0 Å². The molecular formula is C14H16N4OS2. The van der Waals surface area contributed by atoms with Gasteiger partial charge in [-0.05, 0) is 32.3 Å². The Morgan fingerprint density at radius 2 is 2.10 bits per heavy atom. The maximum atomic E-state index is 5.23. The number of nitrogens with one attached hydrogen (secondary N) is 1. The molecule has 0 aliphatic carbocycles. The maximum absolute atomic E-state index is 5.23. The number of fused-ring (bicyclic) bond motifs is 1. The molecule has 3 rings (SSSR count). The first-order valence-corrected chi connectivity index (χ1v) is 8.14.